The van der Waals surface area contributed by atoms with Crippen molar-refractivity contribution in [1.82, 2.24) is 0 Å². The molecule has 0 spiro atoms. The normalized spacial score (nSPS) is 21.1. The van der Waals surface area contributed by atoms with Gasteiger partial charge in [-0.1, -0.05) is 13.5 Å². The first-order valence-electron chi connectivity index (χ1n) is 12.8. The molecule has 0 bridgehead atoms. The zero-order chi connectivity index (χ0) is 28.5. The zero-order valence-electron chi connectivity index (χ0n) is 21.9. The van der Waals surface area contributed by atoms with Crippen LogP contribution < -0.4 is 9.47 Å². The van der Waals surface area contributed by atoms with E-state index in [1.165, 1.54) is 48.5 Å². The molecule has 2 saturated heterocycles. The van der Waals surface area contributed by atoms with Crippen molar-refractivity contribution in [1.29, 1.82) is 0 Å². The molecule has 0 aromatic heterocycles. The standard InChI is InChI=1S/C29H30O11/c1-3-24(30)34-14-4-5-15-35-29(33)39-22-12-8-19(9-13-22)27(31)38-21-10-6-20(7-11-21)28(32)40-23-17-37-25-18(2)16-36-26(23)25/h3,6-13,18,23,25-26H,1,4-5,14-17H2,2H3/t18-,23+,25?,26?/m0/s1. The smallest absolute Gasteiger partial charge is 0.463 e. The van der Waals surface area contributed by atoms with Gasteiger partial charge >= 0.3 is 24.1 Å². The fourth-order valence-corrected chi connectivity index (χ4v) is 4.16. The molecular formula is C29H30O11. The van der Waals surface area contributed by atoms with E-state index in [2.05, 4.69) is 6.58 Å². The summed E-state index contributed by atoms with van der Waals surface area (Å²) in [6.07, 6.45) is 0.390. The maximum atomic E-state index is 12.6. The van der Waals surface area contributed by atoms with Crippen molar-refractivity contribution in [2.75, 3.05) is 26.4 Å². The molecule has 0 amide bonds. The minimum atomic E-state index is -0.900. The molecule has 2 unspecified atom stereocenters. The molecule has 2 aliphatic heterocycles. The first-order chi connectivity index (χ1) is 19.3. The van der Waals surface area contributed by atoms with Gasteiger partial charge in [0.05, 0.1) is 43.7 Å². The fraction of sp³-hybridized carbons (Fsp3) is 0.379. The highest BCUT2D eigenvalue weighted by Gasteiger charge is 2.47. The Hall–Kier alpha value is -4.22. The molecule has 212 valence electrons. The van der Waals surface area contributed by atoms with E-state index < -0.39 is 30.2 Å². The monoisotopic (exact) mass is 554 g/mol. The Balaban J connectivity index is 1.18. The van der Waals surface area contributed by atoms with Crippen LogP contribution in [0.2, 0.25) is 0 Å². The number of carbonyl (C=O) groups excluding carboxylic acids is 4. The molecule has 2 aromatic rings. The summed E-state index contributed by atoms with van der Waals surface area (Å²) in [6.45, 7) is 6.49. The third-order valence-corrected chi connectivity index (χ3v) is 6.28. The van der Waals surface area contributed by atoms with Gasteiger partial charge in [-0.2, -0.15) is 0 Å². The zero-order valence-corrected chi connectivity index (χ0v) is 21.9. The summed E-state index contributed by atoms with van der Waals surface area (Å²) in [5, 5.41) is 0. The summed E-state index contributed by atoms with van der Waals surface area (Å²) in [6, 6.07) is 11.7. The second-order valence-electron chi connectivity index (χ2n) is 9.23. The maximum absolute atomic E-state index is 12.6. The number of ether oxygens (including phenoxy) is 7. The van der Waals surface area contributed by atoms with Crippen LogP contribution in [0.4, 0.5) is 4.79 Å². The fourth-order valence-electron chi connectivity index (χ4n) is 4.16. The van der Waals surface area contributed by atoms with Crippen LogP contribution in [-0.4, -0.2) is 68.8 Å². The van der Waals surface area contributed by atoms with Gasteiger partial charge in [-0.25, -0.2) is 19.2 Å². The average molecular weight is 555 g/mol. The van der Waals surface area contributed by atoms with Gasteiger partial charge < -0.3 is 33.2 Å². The van der Waals surface area contributed by atoms with Gasteiger partial charge in [0, 0.05) is 12.0 Å². The molecule has 0 N–H and O–H groups in total. The summed E-state index contributed by atoms with van der Waals surface area (Å²) in [4.78, 5) is 47.8. The lowest BCUT2D eigenvalue weighted by Crippen LogP contribution is -2.32. The van der Waals surface area contributed by atoms with Crippen molar-refractivity contribution in [3.63, 3.8) is 0 Å². The highest BCUT2D eigenvalue weighted by molar-refractivity contribution is 5.92. The average Bonchev–Trinajstić information content (AvgIpc) is 3.53. The molecule has 4 rings (SSSR count). The summed E-state index contributed by atoms with van der Waals surface area (Å²) in [5.41, 5.74) is 0.527. The highest BCUT2D eigenvalue weighted by Crippen LogP contribution is 2.32. The second kappa shape index (κ2) is 13.7. The lowest BCUT2D eigenvalue weighted by Gasteiger charge is -2.16. The Labute approximate surface area is 230 Å². The van der Waals surface area contributed by atoms with E-state index in [9.17, 15) is 19.2 Å². The van der Waals surface area contributed by atoms with Gasteiger partial charge in [0.2, 0.25) is 0 Å². The SMILES string of the molecule is C=CC(=O)OCCCCOC(=O)Oc1ccc(C(=O)Oc2ccc(C(=O)O[C@@H]3COC4C3OC[C@@H]4C)cc2)cc1. The van der Waals surface area contributed by atoms with Crippen LogP contribution in [0, 0.1) is 5.92 Å². The Morgan fingerprint density at radius 2 is 1.38 bits per heavy atom. The van der Waals surface area contributed by atoms with Crippen LogP contribution in [0.5, 0.6) is 11.5 Å². The molecule has 2 aliphatic rings. The molecule has 4 atom stereocenters. The first-order valence-corrected chi connectivity index (χ1v) is 12.8. The van der Waals surface area contributed by atoms with E-state index >= 15 is 0 Å². The number of benzene rings is 2. The Bertz CT molecular complexity index is 1210. The summed E-state index contributed by atoms with van der Waals surface area (Å²) >= 11 is 0. The van der Waals surface area contributed by atoms with E-state index in [0.29, 0.717) is 31.6 Å². The number of fused-ring (bicyclic) bond motifs is 1. The predicted octanol–water partition coefficient (Wildman–Crippen LogP) is 3.89. The van der Waals surface area contributed by atoms with Crippen LogP contribution in [0.25, 0.3) is 0 Å². The predicted molar refractivity (Wildman–Crippen MR) is 138 cm³/mol. The molecule has 40 heavy (non-hydrogen) atoms. The topological polar surface area (TPSA) is 133 Å². The first kappa shape index (κ1) is 28.8. The summed E-state index contributed by atoms with van der Waals surface area (Å²) < 4.78 is 37.2. The largest absolute Gasteiger partial charge is 0.513 e. The molecular weight excluding hydrogens is 524 g/mol. The lowest BCUT2D eigenvalue weighted by atomic mass is 10.0. The number of unbranched alkanes of at least 4 members (excludes halogenated alkanes) is 1. The third kappa shape index (κ3) is 7.67. The minimum Gasteiger partial charge on any atom is -0.463 e. The van der Waals surface area contributed by atoms with Crippen molar-refractivity contribution >= 4 is 24.1 Å². The maximum Gasteiger partial charge on any atom is 0.513 e. The number of rotatable bonds is 11. The highest BCUT2D eigenvalue weighted by atomic mass is 16.7. The summed E-state index contributed by atoms with van der Waals surface area (Å²) in [5.74, 6) is -0.984. The minimum absolute atomic E-state index is 0.0627. The number of hydrogen-bond donors (Lipinski definition) is 0. The lowest BCUT2D eigenvalue weighted by molar-refractivity contribution is -0.137. The van der Waals surface area contributed by atoms with E-state index in [0.717, 1.165) is 6.08 Å². The van der Waals surface area contributed by atoms with Crippen molar-refractivity contribution < 1.29 is 52.3 Å². The molecule has 0 radical (unpaired) electrons. The van der Waals surface area contributed by atoms with Crippen LogP contribution in [0.1, 0.15) is 40.5 Å². The van der Waals surface area contributed by atoms with Gasteiger partial charge in [0.1, 0.15) is 17.6 Å². The molecule has 2 aromatic carbocycles. The van der Waals surface area contributed by atoms with Crippen molar-refractivity contribution in [2.45, 2.75) is 38.1 Å². The van der Waals surface area contributed by atoms with Gasteiger partial charge in [0.15, 0.2) is 6.10 Å². The molecule has 0 saturated carbocycles. The van der Waals surface area contributed by atoms with Crippen molar-refractivity contribution in [3.05, 3.63) is 72.3 Å². The number of hydrogen-bond acceptors (Lipinski definition) is 11. The van der Waals surface area contributed by atoms with E-state index in [4.69, 9.17) is 33.2 Å². The van der Waals surface area contributed by atoms with Crippen LogP contribution >= 0.6 is 0 Å². The van der Waals surface area contributed by atoms with Crippen LogP contribution in [-0.2, 0) is 28.5 Å². The van der Waals surface area contributed by atoms with E-state index in [-0.39, 0.29) is 48.4 Å². The molecule has 11 nitrogen and oxygen atoms in total. The van der Waals surface area contributed by atoms with E-state index in [1.807, 2.05) is 6.92 Å². The molecule has 2 fully saturated rings. The summed E-state index contributed by atoms with van der Waals surface area (Å²) in [7, 11) is 0. The molecule has 11 heteroatoms. The Morgan fingerprint density at radius 1 is 0.800 bits per heavy atom. The molecule has 2 heterocycles. The van der Waals surface area contributed by atoms with Crippen molar-refractivity contribution in [3.8, 4) is 11.5 Å². The van der Waals surface area contributed by atoms with Gasteiger partial charge in [-0.15, -0.1) is 0 Å². The Morgan fingerprint density at radius 3 is 2.02 bits per heavy atom. The van der Waals surface area contributed by atoms with Crippen LogP contribution in [0.15, 0.2) is 61.2 Å². The van der Waals surface area contributed by atoms with Gasteiger partial charge in [-0.3, -0.25) is 0 Å². The van der Waals surface area contributed by atoms with E-state index in [1.54, 1.807) is 0 Å². The number of esters is 3. The second-order valence-corrected chi connectivity index (χ2v) is 9.23. The Kier molecular flexibility index (Phi) is 9.87. The molecule has 0 aliphatic carbocycles. The van der Waals surface area contributed by atoms with Crippen LogP contribution in [0.3, 0.4) is 0 Å². The van der Waals surface area contributed by atoms with Crippen molar-refractivity contribution in [2.24, 2.45) is 5.92 Å². The number of carbonyl (C=O) groups is 4. The van der Waals surface area contributed by atoms with Gasteiger partial charge in [-0.05, 0) is 61.4 Å². The third-order valence-electron chi connectivity index (χ3n) is 6.28. The van der Waals surface area contributed by atoms with Gasteiger partial charge in [0.25, 0.3) is 0 Å². The quantitative estimate of drug-likeness (QED) is 0.100.